The number of para-hydroxylation sites is 1. The molecule has 0 amide bonds. The summed E-state index contributed by atoms with van der Waals surface area (Å²) in [6.07, 6.45) is 0. The molecule has 10 heteroatoms. The van der Waals surface area contributed by atoms with Crippen molar-refractivity contribution in [2.24, 2.45) is 0 Å². The quantitative estimate of drug-likeness (QED) is 0.559. The Morgan fingerprint density at radius 2 is 1.71 bits per heavy atom. The smallest absolute Gasteiger partial charge is 0.309 e. The molecule has 0 atom stereocenters. The summed E-state index contributed by atoms with van der Waals surface area (Å²) < 4.78 is 0. The van der Waals surface area contributed by atoms with Crippen LogP contribution in [0.15, 0.2) is 18.2 Å². The first-order valence-corrected chi connectivity index (χ1v) is 4.11. The molecule has 1 rings (SSSR count). The van der Waals surface area contributed by atoms with Gasteiger partial charge in [0.1, 0.15) is 6.61 Å². The highest BCUT2D eigenvalue weighted by Crippen LogP contribution is 2.30. The maximum Gasteiger partial charge on any atom is 0.351 e. The van der Waals surface area contributed by atoms with Crippen molar-refractivity contribution in [1.29, 1.82) is 0 Å². The van der Waals surface area contributed by atoms with E-state index in [1.165, 1.54) is 6.07 Å². The van der Waals surface area contributed by atoms with Crippen molar-refractivity contribution in [2.75, 3.05) is 0 Å². The van der Waals surface area contributed by atoms with Crippen molar-refractivity contribution in [1.82, 2.24) is 0 Å². The summed E-state index contributed by atoms with van der Waals surface area (Å²) in [6.45, 7) is -0.717. The summed E-state index contributed by atoms with van der Waals surface area (Å²) in [6, 6.07) is 3.27. The van der Waals surface area contributed by atoms with E-state index in [1.54, 1.807) is 0 Å². The number of nitro groups is 2. The van der Waals surface area contributed by atoms with E-state index in [4.69, 9.17) is 0 Å². The van der Waals surface area contributed by atoms with Gasteiger partial charge in [-0.3, -0.25) is 20.2 Å². The molecule has 0 aliphatic carbocycles. The van der Waals surface area contributed by atoms with Crippen LogP contribution in [0.2, 0.25) is 0 Å². The third kappa shape index (κ3) is 2.84. The first-order chi connectivity index (χ1) is 7.93. The highest BCUT2D eigenvalue weighted by atomic mass is 16.9. The molecule has 0 heterocycles. The van der Waals surface area contributed by atoms with Gasteiger partial charge in [0.25, 0.3) is 5.09 Å². The average molecular weight is 243 g/mol. The Kier molecular flexibility index (Phi) is 3.49. The number of rotatable bonds is 5. The van der Waals surface area contributed by atoms with Crippen LogP contribution in [-0.4, -0.2) is 14.9 Å². The van der Waals surface area contributed by atoms with Gasteiger partial charge in [-0.15, -0.1) is 10.1 Å². The predicted octanol–water partition coefficient (Wildman–Crippen LogP) is 1.21. The summed E-state index contributed by atoms with van der Waals surface area (Å²) in [5, 5.41) is 30.0. The van der Waals surface area contributed by atoms with Crippen LogP contribution in [0.3, 0.4) is 0 Å². The molecule has 0 radical (unpaired) electrons. The third-order valence-corrected chi connectivity index (χ3v) is 1.80. The topological polar surface area (TPSA) is 139 Å². The van der Waals surface area contributed by atoms with Crippen molar-refractivity contribution in [3.63, 3.8) is 0 Å². The van der Waals surface area contributed by atoms with E-state index < -0.39 is 32.9 Å². The standard InChI is InChI=1S/C7H5N3O7/c11-8(12)6-3-1-2-5(4-17-10(15)16)7(6)9(13)14/h1-3H,4H2. The van der Waals surface area contributed by atoms with Crippen molar-refractivity contribution < 1.29 is 19.8 Å². The summed E-state index contributed by atoms with van der Waals surface area (Å²) in [5.41, 5.74) is -1.78. The Bertz CT molecular complexity index is 486. The van der Waals surface area contributed by atoms with Crippen molar-refractivity contribution in [3.05, 3.63) is 54.1 Å². The molecule has 0 spiro atoms. The summed E-state index contributed by atoms with van der Waals surface area (Å²) in [7, 11) is 0. The second-order valence-electron chi connectivity index (χ2n) is 2.80. The number of nitrogens with zero attached hydrogens (tertiary/aromatic N) is 3. The maximum atomic E-state index is 10.7. The van der Waals surface area contributed by atoms with Gasteiger partial charge in [0.05, 0.1) is 15.4 Å². The Labute approximate surface area is 92.8 Å². The van der Waals surface area contributed by atoms with E-state index in [0.717, 1.165) is 12.1 Å². The molecule has 0 saturated carbocycles. The maximum absolute atomic E-state index is 10.7. The van der Waals surface area contributed by atoms with Gasteiger partial charge in [-0.05, 0) is 6.07 Å². The zero-order valence-corrected chi connectivity index (χ0v) is 8.14. The molecule has 0 aliphatic rings. The van der Waals surface area contributed by atoms with Crippen LogP contribution in [-0.2, 0) is 11.4 Å². The molecular weight excluding hydrogens is 238 g/mol. The lowest BCUT2D eigenvalue weighted by molar-refractivity contribution is -0.763. The molecule has 0 unspecified atom stereocenters. The fourth-order valence-electron chi connectivity index (χ4n) is 1.17. The minimum atomic E-state index is -1.14. The van der Waals surface area contributed by atoms with Gasteiger partial charge in [-0.25, -0.2) is 0 Å². The van der Waals surface area contributed by atoms with E-state index in [-0.39, 0.29) is 5.56 Å². The predicted molar refractivity (Wildman–Crippen MR) is 51.5 cm³/mol. The lowest BCUT2D eigenvalue weighted by atomic mass is 10.1. The summed E-state index contributed by atoms with van der Waals surface area (Å²) >= 11 is 0. The highest BCUT2D eigenvalue weighted by molar-refractivity contribution is 5.57. The van der Waals surface area contributed by atoms with Crippen LogP contribution in [0, 0.1) is 30.3 Å². The molecule has 0 aromatic heterocycles. The summed E-state index contributed by atoms with van der Waals surface area (Å²) in [4.78, 5) is 33.2. The Hall–Kier alpha value is -2.78. The van der Waals surface area contributed by atoms with Gasteiger partial charge >= 0.3 is 11.4 Å². The van der Waals surface area contributed by atoms with Crippen molar-refractivity contribution in [2.45, 2.75) is 6.61 Å². The fourth-order valence-corrected chi connectivity index (χ4v) is 1.17. The van der Waals surface area contributed by atoms with Gasteiger partial charge in [0, 0.05) is 6.07 Å². The van der Waals surface area contributed by atoms with Crippen molar-refractivity contribution in [3.8, 4) is 0 Å². The largest absolute Gasteiger partial charge is 0.351 e. The number of hydrogen-bond acceptors (Lipinski definition) is 7. The third-order valence-electron chi connectivity index (χ3n) is 1.80. The van der Waals surface area contributed by atoms with E-state index >= 15 is 0 Å². The summed E-state index contributed by atoms with van der Waals surface area (Å²) in [5.74, 6) is 0. The second-order valence-corrected chi connectivity index (χ2v) is 2.80. The fraction of sp³-hybridized carbons (Fsp3) is 0.143. The molecule has 0 bridgehead atoms. The van der Waals surface area contributed by atoms with Gasteiger partial charge in [0.2, 0.25) is 0 Å². The van der Waals surface area contributed by atoms with Crippen LogP contribution in [0.25, 0.3) is 0 Å². The van der Waals surface area contributed by atoms with Crippen LogP contribution in [0.5, 0.6) is 0 Å². The monoisotopic (exact) mass is 243 g/mol. The Balaban J connectivity index is 3.20. The average Bonchev–Trinajstić information content (AvgIpc) is 2.25. The molecule has 17 heavy (non-hydrogen) atoms. The number of benzene rings is 1. The first kappa shape index (κ1) is 12.3. The van der Waals surface area contributed by atoms with E-state index in [2.05, 4.69) is 4.84 Å². The van der Waals surface area contributed by atoms with Crippen LogP contribution in [0.4, 0.5) is 11.4 Å². The minimum Gasteiger partial charge on any atom is -0.309 e. The minimum absolute atomic E-state index is 0.235. The van der Waals surface area contributed by atoms with E-state index in [1.807, 2.05) is 0 Å². The first-order valence-electron chi connectivity index (χ1n) is 4.11. The molecular formula is C7H5N3O7. The van der Waals surface area contributed by atoms with Gasteiger partial charge in [0.15, 0.2) is 0 Å². The van der Waals surface area contributed by atoms with Crippen LogP contribution < -0.4 is 0 Å². The van der Waals surface area contributed by atoms with Gasteiger partial charge in [-0.2, -0.15) is 0 Å². The lowest BCUT2D eigenvalue weighted by Gasteiger charge is -2.01. The Morgan fingerprint density at radius 3 is 2.18 bits per heavy atom. The number of hydrogen-bond donors (Lipinski definition) is 0. The molecule has 1 aromatic carbocycles. The second kappa shape index (κ2) is 4.83. The normalized spacial score (nSPS) is 9.65. The zero-order valence-electron chi connectivity index (χ0n) is 8.14. The molecule has 1 aromatic rings. The van der Waals surface area contributed by atoms with Crippen LogP contribution in [0.1, 0.15) is 5.56 Å². The van der Waals surface area contributed by atoms with Crippen LogP contribution >= 0.6 is 0 Å². The van der Waals surface area contributed by atoms with Crippen molar-refractivity contribution >= 4 is 11.4 Å². The molecule has 90 valence electrons. The molecule has 0 fully saturated rings. The number of nitro benzene ring substituents is 2. The highest BCUT2D eigenvalue weighted by Gasteiger charge is 2.28. The van der Waals surface area contributed by atoms with Gasteiger partial charge < -0.3 is 4.84 Å². The molecule has 0 N–H and O–H groups in total. The van der Waals surface area contributed by atoms with E-state index in [0.29, 0.717) is 0 Å². The molecule has 10 nitrogen and oxygen atoms in total. The molecule has 0 aliphatic heterocycles. The zero-order chi connectivity index (χ0) is 13.0. The van der Waals surface area contributed by atoms with Gasteiger partial charge in [-0.1, -0.05) is 6.07 Å². The lowest BCUT2D eigenvalue weighted by Crippen LogP contribution is -2.05. The molecule has 0 saturated heterocycles. The SMILES string of the molecule is O=[N+]([O-])OCc1cccc([N+](=O)[O-])c1[N+](=O)[O-]. The Morgan fingerprint density at radius 1 is 1.06 bits per heavy atom. The van der Waals surface area contributed by atoms with E-state index in [9.17, 15) is 30.3 Å².